The van der Waals surface area contributed by atoms with E-state index in [1.54, 1.807) is 0 Å². The van der Waals surface area contributed by atoms with E-state index < -0.39 is 26.8 Å². The molecule has 0 aliphatic carbocycles. The minimum Gasteiger partial charge on any atom is -0.307 e. The van der Waals surface area contributed by atoms with Gasteiger partial charge in [0.2, 0.25) is 5.56 Å². The van der Waals surface area contributed by atoms with Gasteiger partial charge in [0, 0.05) is 23.1 Å². The van der Waals surface area contributed by atoms with Crippen molar-refractivity contribution in [3.63, 3.8) is 0 Å². The van der Waals surface area contributed by atoms with Gasteiger partial charge in [-0.15, -0.1) is 0 Å². The fraction of sp³-hybridized carbons (Fsp3) is 0. The van der Waals surface area contributed by atoms with Crippen molar-refractivity contribution in [2.24, 2.45) is 5.10 Å². The zero-order valence-corrected chi connectivity index (χ0v) is 13.9. The number of hydrazone groups is 1. The largest absolute Gasteiger partial charge is 0.307 e. The molecule has 28 heavy (non-hydrogen) atoms. The fourth-order valence-corrected chi connectivity index (χ4v) is 2.39. The maximum absolute atomic E-state index is 11.4. The lowest BCUT2D eigenvalue weighted by molar-refractivity contribution is -0.393. The molecule has 3 rings (SSSR count). The summed E-state index contributed by atoms with van der Waals surface area (Å²) in [6.45, 7) is 0. The molecule has 0 fully saturated rings. The van der Waals surface area contributed by atoms with Crippen LogP contribution >= 0.6 is 0 Å². The number of nitro benzene ring substituents is 2. The number of aldehydes is 1. The van der Waals surface area contributed by atoms with E-state index in [1.807, 2.05) is 0 Å². The molecule has 0 saturated carbocycles. The normalized spacial score (nSPS) is 10.9. The van der Waals surface area contributed by atoms with Crippen LogP contribution in [0.15, 0.2) is 46.3 Å². The standard InChI is InChI=1S/C16H10N6O6/c23-8-9-5-10(18-16-12(9)2-4-15(24)19-16)7-17-20-13-3-1-11(21(25)26)6-14(13)22(27)28/h1-8,20H,(H,18,19,24)/b17-7+. The quantitative estimate of drug-likeness (QED) is 0.282. The topological polar surface area (TPSA) is 173 Å². The van der Waals surface area contributed by atoms with Crippen LogP contribution in [0, 0.1) is 20.2 Å². The Morgan fingerprint density at radius 1 is 1.11 bits per heavy atom. The van der Waals surface area contributed by atoms with E-state index in [1.165, 1.54) is 24.4 Å². The molecule has 0 atom stereocenters. The highest BCUT2D eigenvalue weighted by molar-refractivity contribution is 5.97. The van der Waals surface area contributed by atoms with Gasteiger partial charge in [0.25, 0.3) is 5.69 Å². The molecule has 0 radical (unpaired) electrons. The maximum atomic E-state index is 11.4. The van der Waals surface area contributed by atoms with Gasteiger partial charge in [0.15, 0.2) is 6.29 Å². The molecule has 2 heterocycles. The number of hydrogen-bond acceptors (Lipinski definition) is 9. The highest BCUT2D eigenvalue weighted by Gasteiger charge is 2.19. The zero-order chi connectivity index (χ0) is 20.3. The van der Waals surface area contributed by atoms with Crippen molar-refractivity contribution in [1.29, 1.82) is 0 Å². The first kappa shape index (κ1) is 18.3. The molecule has 0 aliphatic heterocycles. The Morgan fingerprint density at radius 3 is 2.57 bits per heavy atom. The van der Waals surface area contributed by atoms with Crippen molar-refractivity contribution in [3.8, 4) is 0 Å². The summed E-state index contributed by atoms with van der Waals surface area (Å²) in [4.78, 5) is 49.6. The second-order valence-electron chi connectivity index (χ2n) is 5.42. The number of aromatic amines is 1. The number of anilines is 1. The van der Waals surface area contributed by atoms with Crippen LogP contribution < -0.4 is 11.0 Å². The van der Waals surface area contributed by atoms with Crippen molar-refractivity contribution in [1.82, 2.24) is 9.97 Å². The van der Waals surface area contributed by atoms with Crippen LogP contribution in [-0.4, -0.2) is 32.3 Å². The predicted molar refractivity (Wildman–Crippen MR) is 98.7 cm³/mol. The molecular weight excluding hydrogens is 372 g/mol. The van der Waals surface area contributed by atoms with Crippen molar-refractivity contribution >= 4 is 40.6 Å². The summed E-state index contributed by atoms with van der Waals surface area (Å²) in [5.41, 5.74) is 1.63. The third kappa shape index (κ3) is 3.70. The molecule has 12 nitrogen and oxygen atoms in total. The SMILES string of the molecule is O=Cc1cc(/C=N/Nc2ccc([N+](=O)[O-])cc2[N+](=O)[O-])nc2[nH]c(=O)ccc12. The zero-order valence-electron chi connectivity index (χ0n) is 13.9. The molecule has 0 bridgehead atoms. The van der Waals surface area contributed by atoms with E-state index in [-0.39, 0.29) is 22.6 Å². The van der Waals surface area contributed by atoms with E-state index in [0.717, 1.165) is 18.2 Å². The Hall–Kier alpha value is -4.48. The third-order valence-corrected chi connectivity index (χ3v) is 3.65. The van der Waals surface area contributed by atoms with Crippen molar-refractivity contribution in [2.75, 3.05) is 5.43 Å². The average molecular weight is 382 g/mol. The lowest BCUT2D eigenvalue weighted by Gasteiger charge is -2.03. The number of fused-ring (bicyclic) bond motifs is 1. The average Bonchev–Trinajstić information content (AvgIpc) is 2.66. The van der Waals surface area contributed by atoms with Gasteiger partial charge in [-0.1, -0.05) is 0 Å². The molecule has 2 aromatic heterocycles. The number of carbonyl (C=O) groups excluding carboxylic acids is 1. The van der Waals surface area contributed by atoms with E-state index in [4.69, 9.17) is 0 Å². The smallest absolute Gasteiger partial charge is 0.301 e. The molecular formula is C16H10N6O6. The van der Waals surface area contributed by atoms with Crippen molar-refractivity contribution < 1.29 is 14.6 Å². The van der Waals surface area contributed by atoms with Gasteiger partial charge in [-0.05, 0) is 18.2 Å². The summed E-state index contributed by atoms with van der Waals surface area (Å²) in [6, 6.07) is 7.19. The highest BCUT2D eigenvalue weighted by Crippen LogP contribution is 2.28. The first-order valence-electron chi connectivity index (χ1n) is 7.60. The molecule has 3 aromatic rings. The lowest BCUT2D eigenvalue weighted by atomic mass is 10.1. The van der Waals surface area contributed by atoms with Crippen LogP contribution in [0.25, 0.3) is 11.0 Å². The van der Waals surface area contributed by atoms with Gasteiger partial charge in [0.05, 0.1) is 27.8 Å². The number of aromatic nitrogens is 2. The first-order chi connectivity index (χ1) is 13.4. The minimum atomic E-state index is -0.783. The van der Waals surface area contributed by atoms with E-state index in [0.29, 0.717) is 11.7 Å². The van der Waals surface area contributed by atoms with Crippen molar-refractivity contribution in [3.05, 3.63) is 78.2 Å². The molecule has 2 N–H and O–H groups in total. The summed E-state index contributed by atoms with van der Waals surface area (Å²) >= 11 is 0. The lowest BCUT2D eigenvalue weighted by Crippen LogP contribution is -2.06. The Bertz CT molecular complexity index is 1200. The molecule has 12 heteroatoms. The third-order valence-electron chi connectivity index (χ3n) is 3.65. The van der Waals surface area contributed by atoms with Crippen LogP contribution in [0.4, 0.5) is 17.1 Å². The predicted octanol–water partition coefficient (Wildman–Crippen LogP) is 2.00. The minimum absolute atomic E-state index is 0.0725. The number of hydrogen-bond donors (Lipinski definition) is 2. The van der Waals surface area contributed by atoms with Gasteiger partial charge in [-0.2, -0.15) is 5.10 Å². The molecule has 0 amide bonds. The van der Waals surface area contributed by atoms with Crippen LogP contribution in [0.5, 0.6) is 0 Å². The number of rotatable bonds is 6. The fourth-order valence-electron chi connectivity index (χ4n) is 2.39. The molecule has 0 saturated heterocycles. The number of non-ortho nitro benzene ring substituents is 1. The molecule has 0 aliphatic rings. The molecule has 1 aromatic carbocycles. The second-order valence-corrected chi connectivity index (χ2v) is 5.42. The summed E-state index contributed by atoms with van der Waals surface area (Å²) < 4.78 is 0. The maximum Gasteiger partial charge on any atom is 0.301 e. The number of benzene rings is 1. The van der Waals surface area contributed by atoms with E-state index in [9.17, 15) is 29.8 Å². The highest BCUT2D eigenvalue weighted by atomic mass is 16.6. The van der Waals surface area contributed by atoms with Crippen LogP contribution in [0.2, 0.25) is 0 Å². The first-order valence-corrected chi connectivity index (χ1v) is 7.60. The Morgan fingerprint density at radius 2 is 1.89 bits per heavy atom. The second kappa shape index (κ2) is 7.41. The van der Waals surface area contributed by atoms with E-state index >= 15 is 0 Å². The van der Waals surface area contributed by atoms with Gasteiger partial charge >= 0.3 is 5.69 Å². The molecule has 140 valence electrons. The summed E-state index contributed by atoms with van der Waals surface area (Å²) in [5.74, 6) is 0. The summed E-state index contributed by atoms with van der Waals surface area (Å²) in [7, 11) is 0. The van der Waals surface area contributed by atoms with Gasteiger partial charge in [-0.25, -0.2) is 4.98 Å². The van der Waals surface area contributed by atoms with Crippen LogP contribution in [-0.2, 0) is 0 Å². The van der Waals surface area contributed by atoms with Crippen molar-refractivity contribution in [2.45, 2.75) is 0 Å². The Balaban J connectivity index is 1.93. The number of carbonyl (C=O) groups is 1. The van der Waals surface area contributed by atoms with Crippen LogP contribution in [0.3, 0.4) is 0 Å². The van der Waals surface area contributed by atoms with Gasteiger partial charge < -0.3 is 4.98 Å². The monoisotopic (exact) mass is 382 g/mol. The number of pyridine rings is 2. The number of nitrogens with zero attached hydrogens (tertiary/aromatic N) is 4. The molecule has 0 unspecified atom stereocenters. The number of nitro groups is 2. The summed E-state index contributed by atoms with van der Waals surface area (Å²) in [5, 5.41) is 26.1. The van der Waals surface area contributed by atoms with Gasteiger partial charge in [-0.3, -0.25) is 35.2 Å². The van der Waals surface area contributed by atoms with Gasteiger partial charge in [0.1, 0.15) is 11.3 Å². The number of H-pyrrole nitrogens is 1. The van der Waals surface area contributed by atoms with Crippen LogP contribution in [0.1, 0.15) is 16.1 Å². The molecule has 0 spiro atoms. The summed E-state index contributed by atoms with van der Waals surface area (Å²) in [6.07, 6.45) is 1.77. The number of nitrogens with one attached hydrogen (secondary N) is 2. The Kier molecular flexibility index (Phi) is 4.85. The van der Waals surface area contributed by atoms with E-state index in [2.05, 4.69) is 20.5 Å². The Labute approximate surface area is 154 Å².